The lowest BCUT2D eigenvalue weighted by molar-refractivity contribution is -0.140. The van der Waals surface area contributed by atoms with Crippen molar-refractivity contribution >= 4 is 5.78 Å². The fourth-order valence-electron chi connectivity index (χ4n) is 3.55. The van der Waals surface area contributed by atoms with E-state index in [0.29, 0.717) is 19.4 Å². The fraction of sp³-hybridized carbons (Fsp3) is 0.350. The molecule has 1 fully saturated rings. The molecule has 0 saturated heterocycles. The Hall–Kier alpha value is -2.14. The molecule has 1 saturated carbocycles. The highest BCUT2D eigenvalue weighted by atomic mass is 19.4. The molecule has 0 heterocycles. The lowest BCUT2D eigenvalue weighted by Crippen LogP contribution is -2.51. The van der Waals surface area contributed by atoms with Gasteiger partial charge in [-0.05, 0) is 30.0 Å². The maximum Gasteiger partial charge on any atom is 0.416 e. The standard InChI is InChI=1S/C20H20F3NO/c21-20(22,23)17-11-5-4-10-16(17)19(13-7-6-12-18(19)25)24-14-15-8-2-1-3-9-15/h1-5,8-11,24H,6-7,12-14H2. The van der Waals surface area contributed by atoms with Crippen LogP contribution in [-0.2, 0) is 23.1 Å². The highest BCUT2D eigenvalue weighted by Gasteiger charge is 2.46. The second kappa shape index (κ2) is 7.00. The molecule has 2 aromatic carbocycles. The molecular weight excluding hydrogens is 327 g/mol. The molecule has 1 unspecified atom stereocenters. The number of hydrogen-bond donors (Lipinski definition) is 1. The van der Waals surface area contributed by atoms with E-state index in [1.807, 2.05) is 30.3 Å². The number of alkyl halides is 3. The smallest absolute Gasteiger partial charge is 0.297 e. The van der Waals surface area contributed by atoms with E-state index in [2.05, 4.69) is 5.32 Å². The van der Waals surface area contributed by atoms with Crippen LogP contribution in [0.25, 0.3) is 0 Å². The molecule has 0 bridgehead atoms. The van der Waals surface area contributed by atoms with Crippen molar-refractivity contribution in [3.8, 4) is 0 Å². The third-order valence-corrected chi connectivity index (χ3v) is 4.81. The Morgan fingerprint density at radius 1 is 0.960 bits per heavy atom. The van der Waals surface area contributed by atoms with Gasteiger partial charge in [-0.3, -0.25) is 10.1 Å². The zero-order valence-electron chi connectivity index (χ0n) is 13.8. The number of nitrogens with one attached hydrogen (secondary N) is 1. The highest BCUT2D eigenvalue weighted by Crippen LogP contribution is 2.42. The summed E-state index contributed by atoms with van der Waals surface area (Å²) in [5, 5.41) is 3.18. The maximum atomic E-state index is 13.5. The van der Waals surface area contributed by atoms with Crippen LogP contribution in [0.5, 0.6) is 0 Å². The van der Waals surface area contributed by atoms with E-state index in [9.17, 15) is 18.0 Å². The molecule has 0 aromatic heterocycles. The molecule has 1 aliphatic carbocycles. The van der Waals surface area contributed by atoms with Crippen LogP contribution >= 0.6 is 0 Å². The van der Waals surface area contributed by atoms with Gasteiger partial charge in [0, 0.05) is 13.0 Å². The number of Topliss-reactive ketones (excluding diaryl/α,β-unsaturated/α-hetero) is 1. The van der Waals surface area contributed by atoms with Gasteiger partial charge in [0.2, 0.25) is 0 Å². The van der Waals surface area contributed by atoms with E-state index >= 15 is 0 Å². The highest BCUT2D eigenvalue weighted by molar-refractivity contribution is 5.90. The first-order valence-corrected chi connectivity index (χ1v) is 8.42. The Bertz CT molecular complexity index is 742. The van der Waals surface area contributed by atoms with Gasteiger partial charge in [-0.1, -0.05) is 55.0 Å². The summed E-state index contributed by atoms with van der Waals surface area (Å²) in [7, 11) is 0. The summed E-state index contributed by atoms with van der Waals surface area (Å²) in [6, 6.07) is 14.8. The average molecular weight is 347 g/mol. The van der Waals surface area contributed by atoms with Crippen LogP contribution in [0.1, 0.15) is 42.4 Å². The summed E-state index contributed by atoms with van der Waals surface area (Å²) in [5.41, 5.74) is -1.03. The fourth-order valence-corrected chi connectivity index (χ4v) is 3.55. The lowest BCUT2D eigenvalue weighted by Gasteiger charge is -2.39. The number of ketones is 1. The first-order chi connectivity index (χ1) is 11.9. The van der Waals surface area contributed by atoms with Gasteiger partial charge in [0.05, 0.1) is 5.56 Å². The average Bonchev–Trinajstić information content (AvgIpc) is 2.61. The summed E-state index contributed by atoms with van der Waals surface area (Å²) in [6.45, 7) is 0.346. The molecule has 1 N–H and O–H groups in total. The van der Waals surface area contributed by atoms with Gasteiger partial charge in [-0.25, -0.2) is 0 Å². The Morgan fingerprint density at radius 3 is 2.32 bits per heavy atom. The van der Waals surface area contributed by atoms with E-state index in [-0.39, 0.29) is 11.3 Å². The van der Waals surface area contributed by atoms with Gasteiger partial charge in [-0.15, -0.1) is 0 Å². The van der Waals surface area contributed by atoms with Gasteiger partial charge in [0.1, 0.15) is 5.54 Å². The predicted octanol–water partition coefficient (Wildman–Crippen LogP) is 4.83. The summed E-state index contributed by atoms with van der Waals surface area (Å²) in [5.74, 6) is -0.161. The van der Waals surface area contributed by atoms with Crippen molar-refractivity contribution in [1.29, 1.82) is 0 Å². The Morgan fingerprint density at radius 2 is 1.64 bits per heavy atom. The third-order valence-electron chi connectivity index (χ3n) is 4.81. The molecule has 2 nitrogen and oxygen atoms in total. The predicted molar refractivity (Wildman–Crippen MR) is 89.9 cm³/mol. The summed E-state index contributed by atoms with van der Waals surface area (Å²) in [4.78, 5) is 12.8. The Labute approximate surface area is 145 Å². The van der Waals surface area contributed by atoms with Crippen molar-refractivity contribution in [3.63, 3.8) is 0 Å². The normalized spacial score (nSPS) is 21.3. The first kappa shape index (κ1) is 17.7. The van der Waals surface area contributed by atoms with Gasteiger partial charge >= 0.3 is 6.18 Å². The van der Waals surface area contributed by atoms with Crippen molar-refractivity contribution in [2.75, 3.05) is 0 Å². The molecule has 0 radical (unpaired) electrons. The lowest BCUT2D eigenvalue weighted by atomic mass is 9.73. The van der Waals surface area contributed by atoms with Crippen molar-refractivity contribution in [2.45, 2.75) is 43.9 Å². The Balaban J connectivity index is 2.02. The van der Waals surface area contributed by atoms with Gasteiger partial charge in [0.15, 0.2) is 5.78 Å². The molecular formula is C20H20F3NO. The molecule has 5 heteroatoms. The minimum Gasteiger partial charge on any atom is -0.297 e. The monoisotopic (exact) mass is 347 g/mol. The van der Waals surface area contributed by atoms with Crippen molar-refractivity contribution < 1.29 is 18.0 Å². The Kier molecular flexibility index (Phi) is 4.95. The quantitative estimate of drug-likeness (QED) is 0.858. The largest absolute Gasteiger partial charge is 0.416 e. The summed E-state index contributed by atoms with van der Waals surface area (Å²) < 4.78 is 40.6. The van der Waals surface area contributed by atoms with Crippen LogP contribution in [0.15, 0.2) is 54.6 Å². The third kappa shape index (κ3) is 3.61. The van der Waals surface area contributed by atoms with Crippen molar-refractivity contribution in [2.24, 2.45) is 0 Å². The van der Waals surface area contributed by atoms with E-state index in [1.165, 1.54) is 12.1 Å². The second-order valence-electron chi connectivity index (χ2n) is 6.42. The first-order valence-electron chi connectivity index (χ1n) is 8.42. The number of carbonyl (C=O) groups excluding carboxylic acids is 1. The number of benzene rings is 2. The van der Waals surface area contributed by atoms with E-state index in [4.69, 9.17) is 0 Å². The summed E-state index contributed by atoms with van der Waals surface area (Å²) >= 11 is 0. The SMILES string of the molecule is O=C1CCCCC1(NCc1ccccc1)c1ccccc1C(F)(F)F. The number of rotatable bonds is 4. The second-order valence-corrected chi connectivity index (χ2v) is 6.42. The number of hydrogen-bond acceptors (Lipinski definition) is 2. The zero-order chi connectivity index (χ0) is 17.9. The molecule has 0 spiro atoms. The van der Waals surface area contributed by atoms with Crippen molar-refractivity contribution in [1.82, 2.24) is 5.32 Å². The van der Waals surface area contributed by atoms with Crippen molar-refractivity contribution in [3.05, 3.63) is 71.3 Å². The van der Waals surface area contributed by atoms with Crippen LogP contribution in [0.3, 0.4) is 0 Å². The number of carbonyl (C=O) groups is 1. The molecule has 3 rings (SSSR count). The van der Waals surface area contributed by atoms with Crippen LogP contribution < -0.4 is 5.32 Å². The molecule has 1 aliphatic rings. The van der Waals surface area contributed by atoms with Crippen LogP contribution in [0, 0.1) is 0 Å². The molecule has 132 valence electrons. The van der Waals surface area contributed by atoms with Gasteiger partial charge in [-0.2, -0.15) is 13.2 Å². The number of halogens is 3. The van der Waals surface area contributed by atoms with E-state index < -0.39 is 17.3 Å². The van der Waals surface area contributed by atoms with E-state index in [1.54, 1.807) is 6.07 Å². The molecule has 1 atom stereocenters. The molecule has 2 aromatic rings. The minimum atomic E-state index is -4.49. The van der Waals surface area contributed by atoms with Crippen LogP contribution in [0.2, 0.25) is 0 Å². The molecule has 25 heavy (non-hydrogen) atoms. The van der Waals surface area contributed by atoms with Crippen LogP contribution in [-0.4, -0.2) is 5.78 Å². The topological polar surface area (TPSA) is 29.1 Å². The maximum absolute atomic E-state index is 13.5. The molecule has 0 aliphatic heterocycles. The zero-order valence-corrected chi connectivity index (χ0v) is 13.8. The summed E-state index contributed by atoms with van der Waals surface area (Å²) in [6.07, 6.45) is -2.36. The van der Waals surface area contributed by atoms with Gasteiger partial charge in [0.25, 0.3) is 0 Å². The molecule has 0 amide bonds. The van der Waals surface area contributed by atoms with Crippen LogP contribution in [0.4, 0.5) is 13.2 Å². The van der Waals surface area contributed by atoms with E-state index in [0.717, 1.165) is 24.5 Å². The minimum absolute atomic E-state index is 0.0446. The van der Waals surface area contributed by atoms with Gasteiger partial charge < -0.3 is 0 Å².